The second-order valence-electron chi connectivity index (χ2n) is 6.62. The lowest BCUT2D eigenvalue weighted by atomic mass is 10.2. The Bertz CT molecular complexity index is 1210. The lowest BCUT2D eigenvalue weighted by Crippen LogP contribution is -2.27. The summed E-state index contributed by atoms with van der Waals surface area (Å²) >= 11 is 1.05. The summed E-state index contributed by atoms with van der Waals surface area (Å²) in [7, 11) is 0. The van der Waals surface area contributed by atoms with Crippen LogP contribution in [-0.2, 0) is 17.9 Å². The summed E-state index contributed by atoms with van der Waals surface area (Å²) in [6.45, 7) is -0.130. The Hall–Kier alpha value is -3.73. The molecule has 3 aromatic heterocycles. The number of amides is 1. The number of hydrogen-bond donors (Lipinski definition) is 2. The van der Waals surface area contributed by atoms with Crippen LogP contribution >= 0.6 is 11.3 Å². The molecule has 0 radical (unpaired) electrons. The molecule has 1 atom stereocenters. The highest BCUT2D eigenvalue weighted by Gasteiger charge is 2.19. The zero-order valence-corrected chi connectivity index (χ0v) is 17.5. The highest BCUT2D eigenvalue weighted by atomic mass is 32.1. The molecule has 0 aliphatic carbocycles. The number of rotatable bonds is 8. The zero-order valence-electron chi connectivity index (χ0n) is 16.7. The molecular formula is C21H18F2N6O2S. The highest BCUT2D eigenvalue weighted by molar-refractivity contribution is 7.18. The van der Waals surface area contributed by atoms with Crippen molar-refractivity contribution in [3.8, 4) is 0 Å². The van der Waals surface area contributed by atoms with Crippen molar-refractivity contribution in [2.24, 2.45) is 0 Å². The van der Waals surface area contributed by atoms with Crippen molar-refractivity contribution >= 4 is 33.6 Å². The number of nitrogens with one attached hydrogen (secondary N) is 2. The zero-order chi connectivity index (χ0) is 22.3. The summed E-state index contributed by atoms with van der Waals surface area (Å²) in [5.74, 6) is -0.108. The number of anilines is 1. The van der Waals surface area contributed by atoms with Crippen LogP contribution in [0.2, 0.25) is 0 Å². The Kier molecular flexibility index (Phi) is 6.75. The normalized spacial score (nSPS) is 11.8. The lowest BCUT2D eigenvalue weighted by molar-refractivity contribution is 0.136. The Morgan fingerprint density at radius 3 is 2.78 bits per heavy atom. The number of alkyl carbamates (subject to hydrolysis) is 1. The average Bonchev–Trinajstić information content (AvgIpc) is 3.26. The number of halogens is 2. The predicted octanol–water partition coefficient (Wildman–Crippen LogP) is 4.17. The number of carbonyl (C=O) groups excluding carboxylic acids is 1. The molecule has 4 rings (SSSR count). The quantitative estimate of drug-likeness (QED) is 0.410. The van der Waals surface area contributed by atoms with Gasteiger partial charge in [0, 0.05) is 6.20 Å². The van der Waals surface area contributed by atoms with E-state index in [9.17, 15) is 13.6 Å². The van der Waals surface area contributed by atoms with E-state index in [1.807, 2.05) is 30.3 Å². The minimum atomic E-state index is -1.56. The molecule has 0 unspecified atom stereocenters. The molecule has 2 N–H and O–H groups in total. The van der Waals surface area contributed by atoms with Gasteiger partial charge < -0.3 is 15.4 Å². The van der Waals surface area contributed by atoms with Crippen molar-refractivity contribution in [3.63, 3.8) is 0 Å². The van der Waals surface area contributed by atoms with Gasteiger partial charge in [-0.2, -0.15) is 0 Å². The van der Waals surface area contributed by atoms with E-state index < -0.39 is 18.1 Å². The molecule has 1 amide bonds. The fourth-order valence-corrected chi connectivity index (χ4v) is 3.67. The number of ether oxygens (including phenoxy) is 1. The van der Waals surface area contributed by atoms with Crippen LogP contribution in [-0.4, -0.2) is 32.6 Å². The molecule has 0 spiro atoms. The first-order chi connectivity index (χ1) is 15.6. The SMILES string of the molecule is O=C(NC[C@@H](F)c1nc2c(NCc3ncccc3F)ncnc2s1)OCc1ccccc1. The van der Waals surface area contributed by atoms with Gasteiger partial charge in [-0.15, -0.1) is 0 Å². The van der Waals surface area contributed by atoms with Crippen LogP contribution in [0.5, 0.6) is 0 Å². The maximum atomic E-state index is 14.7. The van der Waals surface area contributed by atoms with Crippen LogP contribution in [0.25, 0.3) is 10.3 Å². The van der Waals surface area contributed by atoms with E-state index >= 15 is 0 Å². The molecule has 0 aliphatic rings. The molecule has 8 nitrogen and oxygen atoms in total. The first-order valence-corrected chi connectivity index (χ1v) is 10.4. The molecule has 11 heteroatoms. The Balaban J connectivity index is 1.36. The average molecular weight is 456 g/mol. The fourth-order valence-electron chi connectivity index (χ4n) is 2.78. The van der Waals surface area contributed by atoms with Gasteiger partial charge in [0.25, 0.3) is 0 Å². The number of fused-ring (bicyclic) bond motifs is 1. The van der Waals surface area contributed by atoms with E-state index in [1.54, 1.807) is 0 Å². The van der Waals surface area contributed by atoms with E-state index in [2.05, 4.69) is 30.6 Å². The van der Waals surface area contributed by atoms with Gasteiger partial charge in [0.15, 0.2) is 12.0 Å². The first kappa shape index (κ1) is 21.5. The number of nitrogens with zero attached hydrogens (tertiary/aromatic N) is 4. The molecule has 0 fully saturated rings. The van der Waals surface area contributed by atoms with Crippen LogP contribution in [0.15, 0.2) is 55.0 Å². The Morgan fingerprint density at radius 1 is 1.12 bits per heavy atom. The first-order valence-electron chi connectivity index (χ1n) is 9.63. The molecule has 1 aromatic carbocycles. The third-order valence-electron chi connectivity index (χ3n) is 4.38. The summed E-state index contributed by atoms with van der Waals surface area (Å²) in [5, 5.41) is 5.48. The molecule has 3 heterocycles. The van der Waals surface area contributed by atoms with E-state index in [4.69, 9.17) is 4.74 Å². The summed E-state index contributed by atoms with van der Waals surface area (Å²) in [6.07, 6.45) is 0.521. The standard InChI is InChI=1S/C21H18F2N6O2S/c22-14-7-4-8-24-16(14)10-25-18-17-20(28-12-27-18)32-19(29-17)15(23)9-26-21(30)31-11-13-5-2-1-3-6-13/h1-8,12,15H,9-11H2,(H,26,30)(H,25,27,28)/t15-/m1/s1. The van der Waals surface area contributed by atoms with Gasteiger partial charge in [-0.25, -0.2) is 28.5 Å². The maximum Gasteiger partial charge on any atom is 0.407 e. The fraction of sp³-hybridized carbons (Fsp3) is 0.190. The van der Waals surface area contributed by atoms with Crippen molar-refractivity contribution in [1.29, 1.82) is 0 Å². The van der Waals surface area contributed by atoms with E-state index in [-0.39, 0.29) is 30.4 Å². The van der Waals surface area contributed by atoms with Gasteiger partial charge in [-0.3, -0.25) is 4.98 Å². The van der Waals surface area contributed by atoms with Crippen LogP contribution in [0.1, 0.15) is 22.4 Å². The van der Waals surface area contributed by atoms with E-state index in [1.165, 1.54) is 24.7 Å². The largest absolute Gasteiger partial charge is 0.445 e. The van der Waals surface area contributed by atoms with Crippen molar-refractivity contribution in [2.75, 3.05) is 11.9 Å². The summed E-state index contributed by atoms with van der Waals surface area (Å²) in [5.41, 5.74) is 1.41. The van der Waals surface area contributed by atoms with Crippen LogP contribution in [0.3, 0.4) is 0 Å². The third kappa shape index (κ3) is 5.30. The van der Waals surface area contributed by atoms with Crippen molar-refractivity contribution in [1.82, 2.24) is 25.3 Å². The molecule has 4 aromatic rings. The molecule has 0 saturated carbocycles. The van der Waals surface area contributed by atoms with Crippen molar-refractivity contribution < 1.29 is 18.3 Å². The Labute approximate surface area is 185 Å². The number of pyridine rings is 1. The molecular weight excluding hydrogens is 438 g/mol. The van der Waals surface area contributed by atoms with Gasteiger partial charge in [-0.05, 0) is 17.7 Å². The van der Waals surface area contributed by atoms with Crippen LogP contribution in [0, 0.1) is 5.82 Å². The third-order valence-corrected chi connectivity index (χ3v) is 5.42. The number of hydrogen-bond acceptors (Lipinski definition) is 8. The number of alkyl halides is 1. The lowest BCUT2D eigenvalue weighted by Gasteiger charge is -2.08. The van der Waals surface area contributed by atoms with Gasteiger partial charge in [0.1, 0.15) is 34.1 Å². The minimum absolute atomic E-state index is 0.0828. The molecule has 32 heavy (non-hydrogen) atoms. The monoisotopic (exact) mass is 456 g/mol. The van der Waals surface area contributed by atoms with Gasteiger partial charge in [0.2, 0.25) is 0 Å². The molecule has 0 bridgehead atoms. The van der Waals surface area contributed by atoms with Crippen molar-refractivity contribution in [3.05, 3.63) is 77.1 Å². The summed E-state index contributed by atoms with van der Waals surface area (Å²) < 4.78 is 33.5. The number of thiazole rings is 1. The molecule has 0 saturated heterocycles. The van der Waals surface area contributed by atoms with Gasteiger partial charge >= 0.3 is 6.09 Å². The van der Waals surface area contributed by atoms with E-state index in [0.717, 1.165) is 16.9 Å². The number of aromatic nitrogens is 4. The highest BCUT2D eigenvalue weighted by Crippen LogP contribution is 2.30. The minimum Gasteiger partial charge on any atom is -0.445 e. The summed E-state index contributed by atoms with van der Waals surface area (Å²) in [4.78, 5) is 28.8. The predicted molar refractivity (Wildman–Crippen MR) is 115 cm³/mol. The number of carbonyl (C=O) groups is 1. The topological polar surface area (TPSA) is 102 Å². The van der Waals surface area contributed by atoms with Crippen LogP contribution < -0.4 is 10.6 Å². The smallest absolute Gasteiger partial charge is 0.407 e. The number of benzene rings is 1. The van der Waals surface area contributed by atoms with Gasteiger partial charge in [-0.1, -0.05) is 41.7 Å². The van der Waals surface area contributed by atoms with Gasteiger partial charge in [0.05, 0.1) is 18.8 Å². The molecule has 164 valence electrons. The van der Waals surface area contributed by atoms with E-state index in [0.29, 0.717) is 16.2 Å². The second-order valence-corrected chi connectivity index (χ2v) is 7.63. The second kappa shape index (κ2) is 10.1. The maximum absolute atomic E-state index is 14.7. The van der Waals surface area contributed by atoms with Crippen molar-refractivity contribution in [2.45, 2.75) is 19.3 Å². The summed E-state index contributed by atoms with van der Waals surface area (Å²) in [6, 6.07) is 12.0. The van der Waals surface area contributed by atoms with Crippen LogP contribution in [0.4, 0.5) is 19.4 Å². The Morgan fingerprint density at radius 2 is 1.97 bits per heavy atom. The molecule has 0 aliphatic heterocycles.